The standard InChI is InChI=1S/C11H14N4OS/c1-2-9-14-10(5-11(16)15-9)12-4-3-8-6-17-7-13-8/h5-7H,2-4H2,1H3,(H2,12,14,15,16). The van der Waals surface area contributed by atoms with Gasteiger partial charge in [0, 0.05) is 30.8 Å². The molecule has 2 heterocycles. The van der Waals surface area contributed by atoms with Gasteiger partial charge in [-0.05, 0) is 0 Å². The molecule has 2 N–H and O–H groups in total. The van der Waals surface area contributed by atoms with Gasteiger partial charge in [-0.2, -0.15) is 0 Å². The van der Waals surface area contributed by atoms with Crippen LogP contribution in [0.4, 0.5) is 5.82 Å². The van der Waals surface area contributed by atoms with Crippen LogP contribution in [-0.4, -0.2) is 21.5 Å². The number of hydrogen-bond acceptors (Lipinski definition) is 5. The molecule has 0 spiro atoms. The van der Waals surface area contributed by atoms with Crippen molar-refractivity contribution in [1.29, 1.82) is 0 Å². The lowest BCUT2D eigenvalue weighted by atomic mass is 10.3. The lowest BCUT2D eigenvalue weighted by Crippen LogP contribution is -2.14. The molecule has 0 aliphatic heterocycles. The number of hydrogen-bond donors (Lipinski definition) is 2. The zero-order valence-electron chi connectivity index (χ0n) is 9.56. The highest BCUT2D eigenvalue weighted by Crippen LogP contribution is 2.03. The Hall–Kier alpha value is -1.69. The summed E-state index contributed by atoms with van der Waals surface area (Å²) in [6.07, 6.45) is 1.55. The second-order valence-corrected chi connectivity index (χ2v) is 4.31. The fourth-order valence-corrected chi connectivity index (χ4v) is 2.04. The summed E-state index contributed by atoms with van der Waals surface area (Å²) in [5, 5.41) is 5.15. The zero-order valence-corrected chi connectivity index (χ0v) is 10.4. The Balaban J connectivity index is 1.94. The molecule has 0 aliphatic rings. The van der Waals surface area contributed by atoms with Gasteiger partial charge < -0.3 is 10.3 Å². The minimum absolute atomic E-state index is 0.118. The molecule has 0 saturated heterocycles. The number of aromatic amines is 1. The van der Waals surface area contributed by atoms with Gasteiger partial charge in [0.25, 0.3) is 5.56 Å². The predicted octanol–water partition coefficient (Wildman–Crippen LogP) is 1.44. The van der Waals surface area contributed by atoms with E-state index in [1.807, 2.05) is 17.8 Å². The fraction of sp³-hybridized carbons (Fsp3) is 0.364. The van der Waals surface area contributed by atoms with Crippen molar-refractivity contribution >= 4 is 17.2 Å². The molecule has 2 aromatic rings. The summed E-state index contributed by atoms with van der Waals surface area (Å²) in [4.78, 5) is 22.5. The lowest BCUT2D eigenvalue weighted by Gasteiger charge is -2.05. The number of aryl methyl sites for hydroxylation is 1. The SMILES string of the molecule is CCc1nc(NCCc2cscn2)cc(=O)[nH]1. The maximum absolute atomic E-state index is 11.3. The van der Waals surface area contributed by atoms with Gasteiger partial charge in [-0.1, -0.05) is 6.92 Å². The van der Waals surface area contributed by atoms with Crippen LogP contribution < -0.4 is 10.9 Å². The molecule has 2 aromatic heterocycles. The summed E-state index contributed by atoms with van der Waals surface area (Å²) in [5.74, 6) is 1.33. The summed E-state index contributed by atoms with van der Waals surface area (Å²) in [5.41, 5.74) is 2.76. The van der Waals surface area contributed by atoms with E-state index in [-0.39, 0.29) is 5.56 Å². The molecular formula is C11H14N4OS. The van der Waals surface area contributed by atoms with Gasteiger partial charge in [0.2, 0.25) is 0 Å². The molecule has 2 rings (SSSR count). The average molecular weight is 250 g/mol. The number of rotatable bonds is 5. The summed E-state index contributed by atoms with van der Waals surface area (Å²) < 4.78 is 0. The van der Waals surface area contributed by atoms with E-state index in [0.29, 0.717) is 11.6 Å². The Morgan fingerprint density at radius 2 is 2.41 bits per heavy atom. The highest BCUT2D eigenvalue weighted by atomic mass is 32.1. The summed E-state index contributed by atoms with van der Waals surface area (Å²) >= 11 is 1.58. The van der Waals surface area contributed by atoms with Crippen LogP contribution >= 0.6 is 11.3 Å². The average Bonchev–Trinajstić information content (AvgIpc) is 2.81. The molecule has 6 heteroatoms. The molecule has 0 saturated carbocycles. The third kappa shape index (κ3) is 3.39. The van der Waals surface area contributed by atoms with Crippen molar-refractivity contribution in [3.8, 4) is 0 Å². The number of nitrogens with zero attached hydrogens (tertiary/aromatic N) is 2. The molecule has 0 aromatic carbocycles. The van der Waals surface area contributed by atoms with Crippen molar-refractivity contribution < 1.29 is 0 Å². The van der Waals surface area contributed by atoms with Crippen LogP contribution in [0.3, 0.4) is 0 Å². The maximum Gasteiger partial charge on any atom is 0.252 e. The van der Waals surface area contributed by atoms with Gasteiger partial charge in [-0.3, -0.25) is 4.79 Å². The molecule has 0 fully saturated rings. The summed E-state index contributed by atoms with van der Waals surface area (Å²) in [6, 6.07) is 1.47. The Morgan fingerprint density at radius 1 is 1.53 bits per heavy atom. The third-order valence-corrected chi connectivity index (χ3v) is 2.93. The molecule has 90 valence electrons. The van der Waals surface area contributed by atoms with E-state index < -0.39 is 0 Å². The van der Waals surface area contributed by atoms with E-state index in [1.54, 1.807) is 11.3 Å². The first-order chi connectivity index (χ1) is 8.28. The monoisotopic (exact) mass is 250 g/mol. The van der Waals surface area contributed by atoms with E-state index in [2.05, 4.69) is 20.3 Å². The van der Waals surface area contributed by atoms with Crippen LogP contribution in [0.1, 0.15) is 18.4 Å². The maximum atomic E-state index is 11.3. The van der Waals surface area contributed by atoms with Gasteiger partial charge in [0.1, 0.15) is 11.6 Å². The Labute approximate surface area is 103 Å². The highest BCUT2D eigenvalue weighted by molar-refractivity contribution is 7.07. The van der Waals surface area contributed by atoms with E-state index in [1.165, 1.54) is 6.07 Å². The first-order valence-corrected chi connectivity index (χ1v) is 6.43. The fourth-order valence-electron chi connectivity index (χ4n) is 1.45. The van der Waals surface area contributed by atoms with Gasteiger partial charge >= 0.3 is 0 Å². The van der Waals surface area contributed by atoms with Crippen LogP contribution in [-0.2, 0) is 12.8 Å². The second kappa shape index (κ2) is 5.58. The summed E-state index contributed by atoms with van der Waals surface area (Å²) in [6.45, 7) is 2.68. The van der Waals surface area contributed by atoms with Crippen molar-refractivity contribution in [1.82, 2.24) is 15.0 Å². The smallest absolute Gasteiger partial charge is 0.252 e. The number of nitrogens with one attached hydrogen (secondary N) is 2. The molecular weight excluding hydrogens is 236 g/mol. The largest absolute Gasteiger partial charge is 0.369 e. The van der Waals surface area contributed by atoms with Crippen LogP contribution in [0.15, 0.2) is 21.8 Å². The minimum Gasteiger partial charge on any atom is -0.369 e. The van der Waals surface area contributed by atoms with Crippen molar-refractivity contribution in [2.45, 2.75) is 19.8 Å². The molecule has 0 atom stereocenters. The molecule has 0 bridgehead atoms. The minimum atomic E-state index is -0.118. The van der Waals surface area contributed by atoms with E-state index in [4.69, 9.17) is 0 Å². The molecule has 17 heavy (non-hydrogen) atoms. The second-order valence-electron chi connectivity index (χ2n) is 3.59. The van der Waals surface area contributed by atoms with Crippen LogP contribution in [0.25, 0.3) is 0 Å². The molecule has 0 aliphatic carbocycles. The van der Waals surface area contributed by atoms with E-state index in [0.717, 1.165) is 25.1 Å². The van der Waals surface area contributed by atoms with Crippen LogP contribution in [0.5, 0.6) is 0 Å². The van der Waals surface area contributed by atoms with Crippen molar-refractivity contribution in [3.05, 3.63) is 38.8 Å². The highest BCUT2D eigenvalue weighted by Gasteiger charge is 2.00. The lowest BCUT2D eigenvalue weighted by molar-refractivity contribution is 0.904. The Kier molecular flexibility index (Phi) is 3.87. The number of aromatic nitrogens is 3. The zero-order chi connectivity index (χ0) is 12.1. The van der Waals surface area contributed by atoms with Gasteiger partial charge in [-0.15, -0.1) is 11.3 Å². The Bertz CT molecular complexity index is 521. The molecule has 0 radical (unpaired) electrons. The third-order valence-electron chi connectivity index (χ3n) is 2.30. The molecule has 0 unspecified atom stereocenters. The normalized spacial score (nSPS) is 10.4. The first kappa shape index (κ1) is 11.8. The molecule has 0 amide bonds. The van der Waals surface area contributed by atoms with Gasteiger partial charge in [0.15, 0.2) is 0 Å². The van der Waals surface area contributed by atoms with Crippen LogP contribution in [0.2, 0.25) is 0 Å². The first-order valence-electron chi connectivity index (χ1n) is 5.49. The van der Waals surface area contributed by atoms with E-state index >= 15 is 0 Å². The van der Waals surface area contributed by atoms with Crippen molar-refractivity contribution in [3.63, 3.8) is 0 Å². The summed E-state index contributed by atoms with van der Waals surface area (Å²) in [7, 11) is 0. The predicted molar refractivity (Wildman–Crippen MR) is 68.5 cm³/mol. The Morgan fingerprint density at radius 3 is 3.12 bits per heavy atom. The molecule has 5 nitrogen and oxygen atoms in total. The van der Waals surface area contributed by atoms with Gasteiger partial charge in [-0.25, -0.2) is 9.97 Å². The van der Waals surface area contributed by atoms with Crippen molar-refractivity contribution in [2.24, 2.45) is 0 Å². The van der Waals surface area contributed by atoms with Gasteiger partial charge in [0.05, 0.1) is 11.2 Å². The van der Waals surface area contributed by atoms with E-state index in [9.17, 15) is 4.79 Å². The number of H-pyrrole nitrogens is 1. The quantitative estimate of drug-likeness (QED) is 0.842. The van der Waals surface area contributed by atoms with Crippen LogP contribution in [0, 0.1) is 0 Å². The van der Waals surface area contributed by atoms with Crippen molar-refractivity contribution in [2.75, 3.05) is 11.9 Å². The number of anilines is 1. The number of thiazole rings is 1. The topological polar surface area (TPSA) is 70.7 Å².